The van der Waals surface area contributed by atoms with E-state index in [0.29, 0.717) is 12.0 Å². The summed E-state index contributed by atoms with van der Waals surface area (Å²) in [7, 11) is 0. The highest BCUT2D eigenvalue weighted by Gasteiger charge is 2.24. The van der Waals surface area contributed by atoms with Gasteiger partial charge in [0, 0.05) is 34.1 Å². The van der Waals surface area contributed by atoms with Crippen LogP contribution in [0, 0.1) is 25.2 Å². The van der Waals surface area contributed by atoms with Crippen molar-refractivity contribution in [3.8, 4) is 6.07 Å². The van der Waals surface area contributed by atoms with Gasteiger partial charge in [-0.3, -0.25) is 9.59 Å². The van der Waals surface area contributed by atoms with Crippen LogP contribution in [-0.4, -0.2) is 11.7 Å². The number of anilines is 1. The largest absolute Gasteiger partial charge is 0.326 e. The van der Waals surface area contributed by atoms with Crippen LogP contribution in [0.15, 0.2) is 36.4 Å². The number of ketones is 1. The minimum Gasteiger partial charge on any atom is -0.326 e. The summed E-state index contributed by atoms with van der Waals surface area (Å²) in [5.74, 6) is -1.50. The molecule has 1 N–H and O–H groups in total. The predicted octanol–water partition coefficient (Wildman–Crippen LogP) is 5.60. The summed E-state index contributed by atoms with van der Waals surface area (Å²) in [5.41, 5.74) is 3.30. The van der Waals surface area contributed by atoms with E-state index in [-0.39, 0.29) is 34.6 Å². The molecule has 2 aromatic carbocycles. The maximum atomic E-state index is 12.4. The Morgan fingerprint density at radius 3 is 2.33 bits per heavy atom. The number of carbonyl (C=O) groups excluding carboxylic acids is 2. The van der Waals surface area contributed by atoms with E-state index in [1.165, 1.54) is 0 Å². The fourth-order valence-corrected chi connectivity index (χ4v) is 3.31. The van der Waals surface area contributed by atoms with Crippen LogP contribution >= 0.6 is 23.2 Å². The predicted molar refractivity (Wildman–Crippen MR) is 108 cm³/mol. The molecule has 1 amide bonds. The number of benzene rings is 2. The Kier molecular flexibility index (Phi) is 7.41. The van der Waals surface area contributed by atoms with E-state index in [4.69, 9.17) is 23.2 Å². The van der Waals surface area contributed by atoms with Gasteiger partial charge in [0.2, 0.25) is 5.91 Å². The zero-order valence-corrected chi connectivity index (χ0v) is 16.7. The molecule has 140 valence electrons. The Balaban J connectivity index is 1.91. The number of aryl methyl sites for hydroxylation is 2. The smallest absolute Gasteiger partial charge is 0.224 e. The van der Waals surface area contributed by atoms with E-state index in [1.54, 1.807) is 18.2 Å². The third-order valence-electron chi connectivity index (χ3n) is 4.36. The molecule has 27 heavy (non-hydrogen) atoms. The van der Waals surface area contributed by atoms with Crippen LogP contribution in [-0.2, 0) is 9.59 Å². The molecule has 1 atom stereocenters. The van der Waals surface area contributed by atoms with Gasteiger partial charge in [-0.25, -0.2) is 0 Å². The lowest BCUT2D eigenvalue weighted by Crippen LogP contribution is -2.15. The van der Waals surface area contributed by atoms with Crippen molar-refractivity contribution in [3.63, 3.8) is 0 Å². The van der Waals surface area contributed by atoms with Gasteiger partial charge in [0.15, 0.2) is 5.78 Å². The minimum atomic E-state index is -1.03. The van der Waals surface area contributed by atoms with Gasteiger partial charge in [-0.2, -0.15) is 5.26 Å². The summed E-state index contributed by atoms with van der Waals surface area (Å²) in [4.78, 5) is 24.5. The molecule has 2 aromatic rings. The fourth-order valence-electron chi connectivity index (χ4n) is 2.69. The summed E-state index contributed by atoms with van der Waals surface area (Å²) in [6, 6.07) is 12.5. The Morgan fingerprint density at radius 1 is 1.07 bits per heavy atom. The number of hydrogen-bond donors (Lipinski definition) is 1. The molecule has 0 heterocycles. The van der Waals surface area contributed by atoms with Gasteiger partial charge in [0.25, 0.3) is 0 Å². The molecule has 2 rings (SSSR count). The monoisotopic (exact) mass is 402 g/mol. The lowest BCUT2D eigenvalue weighted by Gasteiger charge is -2.12. The fraction of sp³-hybridized carbons (Fsp3) is 0.286. The lowest BCUT2D eigenvalue weighted by atomic mass is 9.93. The molecule has 0 aliphatic heterocycles. The number of Topliss-reactive ketones (excluding diaryl/α,β-unsaturated/α-hetero) is 1. The highest BCUT2D eigenvalue weighted by molar-refractivity contribution is 6.36. The third kappa shape index (κ3) is 5.56. The quantitative estimate of drug-likeness (QED) is 0.655. The van der Waals surface area contributed by atoms with Crippen LogP contribution in [0.2, 0.25) is 10.0 Å². The molecule has 0 saturated heterocycles. The number of halogens is 2. The molecule has 0 radical (unpaired) electrons. The van der Waals surface area contributed by atoms with Crippen LogP contribution in [0.4, 0.5) is 5.69 Å². The Morgan fingerprint density at radius 2 is 1.74 bits per heavy atom. The average Bonchev–Trinajstić information content (AvgIpc) is 2.61. The number of nitriles is 1. The second-order valence-corrected chi connectivity index (χ2v) is 7.18. The Labute approximate surface area is 169 Å². The van der Waals surface area contributed by atoms with Gasteiger partial charge < -0.3 is 5.32 Å². The van der Waals surface area contributed by atoms with Crippen LogP contribution < -0.4 is 5.32 Å². The zero-order chi connectivity index (χ0) is 20.0. The van der Waals surface area contributed by atoms with Crippen LogP contribution in [0.1, 0.15) is 41.9 Å². The van der Waals surface area contributed by atoms with Crippen molar-refractivity contribution in [1.82, 2.24) is 0 Å². The van der Waals surface area contributed by atoms with E-state index >= 15 is 0 Å². The molecular weight excluding hydrogens is 383 g/mol. The van der Waals surface area contributed by atoms with Gasteiger partial charge in [0.1, 0.15) is 5.92 Å². The van der Waals surface area contributed by atoms with Crippen molar-refractivity contribution >= 4 is 40.6 Å². The van der Waals surface area contributed by atoms with Crippen molar-refractivity contribution in [3.05, 3.63) is 63.1 Å². The molecule has 0 aromatic heterocycles. The van der Waals surface area contributed by atoms with Crippen molar-refractivity contribution < 1.29 is 9.59 Å². The third-order valence-corrected chi connectivity index (χ3v) is 5.02. The highest BCUT2D eigenvalue weighted by Crippen LogP contribution is 2.32. The van der Waals surface area contributed by atoms with Crippen LogP contribution in [0.25, 0.3) is 0 Å². The molecule has 0 fully saturated rings. The summed E-state index contributed by atoms with van der Waals surface area (Å²) in [6.07, 6.45) is 0.628. The van der Waals surface area contributed by atoms with Gasteiger partial charge in [-0.15, -0.1) is 0 Å². The number of hydrogen-bond acceptors (Lipinski definition) is 3. The molecule has 1 unspecified atom stereocenters. The first-order chi connectivity index (χ1) is 12.8. The summed E-state index contributed by atoms with van der Waals surface area (Å²) >= 11 is 12.2. The van der Waals surface area contributed by atoms with Crippen LogP contribution in [0.5, 0.6) is 0 Å². The zero-order valence-electron chi connectivity index (χ0n) is 15.2. The second kappa shape index (κ2) is 9.55. The average molecular weight is 403 g/mol. The van der Waals surface area contributed by atoms with Crippen molar-refractivity contribution in [2.75, 3.05) is 5.32 Å². The van der Waals surface area contributed by atoms with Gasteiger partial charge in [-0.05, 0) is 55.7 Å². The number of carbonyl (C=O) groups is 2. The number of amides is 1. The Bertz CT molecular complexity index is 883. The topological polar surface area (TPSA) is 70.0 Å². The minimum absolute atomic E-state index is 0.0973. The van der Waals surface area contributed by atoms with Crippen molar-refractivity contribution in [2.45, 2.75) is 39.0 Å². The molecule has 4 nitrogen and oxygen atoms in total. The second-order valence-electron chi connectivity index (χ2n) is 6.36. The number of nitrogens with one attached hydrogen (secondary N) is 1. The van der Waals surface area contributed by atoms with E-state index in [1.807, 2.05) is 38.1 Å². The van der Waals surface area contributed by atoms with Crippen molar-refractivity contribution in [1.29, 1.82) is 5.26 Å². The van der Waals surface area contributed by atoms with E-state index in [9.17, 15) is 14.9 Å². The first-order valence-corrected chi connectivity index (χ1v) is 9.32. The van der Waals surface area contributed by atoms with Gasteiger partial charge >= 0.3 is 0 Å². The SMILES string of the molecule is Cc1ccc(NC(=O)CCCC(=O)C(C#N)c2c(Cl)cccc2Cl)cc1C. The number of rotatable bonds is 7. The maximum absolute atomic E-state index is 12.4. The summed E-state index contributed by atoms with van der Waals surface area (Å²) in [6.45, 7) is 3.98. The molecule has 0 spiro atoms. The van der Waals surface area contributed by atoms with E-state index < -0.39 is 5.92 Å². The molecule has 0 aliphatic rings. The normalized spacial score (nSPS) is 11.5. The molecule has 0 bridgehead atoms. The molecule has 0 saturated carbocycles. The molecule has 0 aliphatic carbocycles. The Hall–Kier alpha value is -2.35. The maximum Gasteiger partial charge on any atom is 0.224 e. The van der Waals surface area contributed by atoms with Crippen LogP contribution in [0.3, 0.4) is 0 Å². The highest BCUT2D eigenvalue weighted by atomic mass is 35.5. The first-order valence-electron chi connectivity index (χ1n) is 8.57. The standard InChI is InChI=1S/C21H20Cl2N2O2/c1-13-9-10-15(11-14(13)2)25-20(27)8-4-7-19(26)16(12-24)21-17(22)5-3-6-18(21)23/h3,5-6,9-11,16H,4,7-8H2,1-2H3,(H,25,27). The molecule has 6 heteroatoms. The lowest BCUT2D eigenvalue weighted by molar-refractivity contribution is -0.119. The molecular formula is C21H20Cl2N2O2. The van der Waals surface area contributed by atoms with E-state index in [2.05, 4.69) is 5.32 Å². The first kappa shape index (κ1) is 21.0. The summed E-state index contributed by atoms with van der Waals surface area (Å²) in [5, 5.41) is 12.8. The van der Waals surface area contributed by atoms with E-state index in [0.717, 1.165) is 16.8 Å². The summed E-state index contributed by atoms with van der Waals surface area (Å²) < 4.78 is 0. The van der Waals surface area contributed by atoms with Gasteiger partial charge in [0.05, 0.1) is 6.07 Å². The number of nitrogens with zero attached hydrogens (tertiary/aromatic N) is 1. The van der Waals surface area contributed by atoms with Gasteiger partial charge in [-0.1, -0.05) is 35.3 Å². The van der Waals surface area contributed by atoms with Crippen molar-refractivity contribution in [2.24, 2.45) is 0 Å².